The summed E-state index contributed by atoms with van der Waals surface area (Å²) in [6.45, 7) is 4.75. The molecule has 1 heterocycles. The number of carbonyl (C=O) groups excluding carboxylic acids is 2. The van der Waals surface area contributed by atoms with Gasteiger partial charge in [0.25, 0.3) is 0 Å². The third-order valence-electron chi connectivity index (χ3n) is 5.62. The third-order valence-corrected chi connectivity index (χ3v) is 5.62. The van der Waals surface area contributed by atoms with Gasteiger partial charge in [0, 0.05) is 37.1 Å². The summed E-state index contributed by atoms with van der Waals surface area (Å²) in [5.74, 6) is -0.0957. The number of benzene rings is 1. The van der Waals surface area contributed by atoms with Crippen molar-refractivity contribution in [3.63, 3.8) is 0 Å². The quantitative estimate of drug-likeness (QED) is 0.608. The zero-order chi connectivity index (χ0) is 20.8. The largest absolute Gasteiger partial charge is 0.353 e. The molecule has 0 saturated heterocycles. The number of hydrogen-bond acceptors (Lipinski definition) is 2. The van der Waals surface area contributed by atoms with Crippen molar-refractivity contribution in [2.75, 3.05) is 6.54 Å². The second-order valence-corrected chi connectivity index (χ2v) is 7.83. The molecule has 5 heteroatoms. The molecule has 0 radical (unpaired) electrons. The van der Waals surface area contributed by atoms with E-state index in [1.54, 1.807) is 11.0 Å². The van der Waals surface area contributed by atoms with Gasteiger partial charge in [0.2, 0.25) is 11.8 Å². The normalized spacial score (nSPS) is 14.7. The number of nitrogens with zero attached hydrogens (tertiary/aromatic N) is 3. The summed E-state index contributed by atoms with van der Waals surface area (Å²) < 4.78 is 2.04. The molecule has 29 heavy (non-hydrogen) atoms. The lowest BCUT2D eigenvalue weighted by Crippen LogP contribution is -2.46. The molecular formula is C24H31N3O2. The minimum atomic E-state index is -0.119. The zero-order valence-electron chi connectivity index (χ0n) is 17.6. The maximum absolute atomic E-state index is 13.2. The average Bonchev–Trinajstić information content (AvgIpc) is 3.50. The Morgan fingerprint density at radius 2 is 1.90 bits per heavy atom. The molecule has 1 saturated carbocycles. The molecule has 2 amide bonds. The van der Waals surface area contributed by atoms with E-state index in [0.29, 0.717) is 12.6 Å². The van der Waals surface area contributed by atoms with Gasteiger partial charge in [-0.3, -0.25) is 9.59 Å². The van der Waals surface area contributed by atoms with Crippen LogP contribution in [0, 0.1) is 0 Å². The van der Waals surface area contributed by atoms with Crippen molar-refractivity contribution in [2.24, 2.45) is 7.05 Å². The SMILES string of the molecule is CCC(C)N(CC(=O)N(Cc1cccn1C)C1CC1)C(=O)/C=C/c1ccccc1. The Morgan fingerprint density at radius 1 is 1.17 bits per heavy atom. The molecule has 1 unspecified atom stereocenters. The summed E-state index contributed by atoms with van der Waals surface area (Å²) in [5.41, 5.74) is 2.08. The Labute approximate surface area is 173 Å². The van der Waals surface area contributed by atoms with Crippen molar-refractivity contribution in [2.45, 2.75) is 51.7 Å². The molecule has 1 aromatic heterocycles. The van der Waals surface area contributed by atoms with Crippen LogP contribution >= 0.6 is 0 Å². The zero-order valence-corrected chi connectivity index (χ0v) is 17.6. The molecule has 0 N–H and O–H groups in total. The number of carbonyl (C=O) groups is 2. The van der Waals surface area contributed by atoms with Gasteiger partial charge in [-0.05, 0) is 50.0 Å². The van der Waals surface area contributed by atoms with Gasteiger partial charge in [-0.15, -0.1) is 0 Å². The molecule has 1 aromatic carbocycles. The topological polar surface area (TPSA) is 45.6 Å². The van der Waals surface area contributed by atoms with Crippen molar-refractivity contribution >= 4 is 17.9 Å². The molecule has 0 spiro atoms. The predicted octanol–water partition coefficient (Wildman–Crippen LogP) is 3.86. The molecule has 154 valence electrons. The molecule has 3 rings (SSSR count). The van der Waals surface area contributed by atoms with E-state index in [1.807, 2.05) is 85.1 Å². The fraction of sp³-hybridized carbons (Fsp3) is 0.417. The maximum atomic E-state index is 13.2. The van der Waals surface area contributed by atoms with Crippen molar-refractivity contribution < 1.29 is 9.59 Å². The minimum absolute atomic E-state index is 0.00274. The van der Waals surface area contributed by atoms with E-state index in [2.05, 4.69) is 0 Å². The van der Waals surface area contributed by atoms with Gasteiger partial charge >= 0.3 is 0 Å². The fourth-order valence-electron chi connectivity index (χ4n) is 3.38. The maximum Gasteiger partial charge on any atom is 0.247 e. The Bertz CT molecular complexity index is 852. The van der Waals surface area contributed by atoms with Crippen LogP contribution in [0.15, 0.2) is 54.7 Å². The molecule has 2 aromatic rings. The van der Waals surface area contributed by atoms with Gasteiger partial charge in [-0.1, -0.05) is 37.3 Å². The standard InChI is InChI=1S/C24H31N3O2/c1-4-19(2)26(23(28)15-12-20-9-6-5-7-10-20)18-24(29)27(21-13-14-21)17-22-11-8-16-25(22)3/h5-12,15-16,19,21H,4,13-14,17-18H2,1-3H3/b15-12+. The second kappa shape index (κ2) is 9.59. The highest BCUT2D eigenvalue weighted by Gasteiger charge is 2.34. The van der Waals surface area contributed by atoms with E-state index in [9.17, 15) is 9.59 Å². The smallest absolute Gasteiger partial charge is 0.247 e. The van der Waals surface area contributed by atoms with E-state index >= 15 is 0 Å². The third kappa shape index (κ3) is 5.59. The van der Waals surface area contributed by atoms with Crippen molar-refractivity contribution in [1.29, 1.82) is 0 Å². The van der Waals surface area contributed by atoms with Crippen LogP contribution in [0.1, 0.15) is 44.4 Å². The first-order valence-corrected chi connectivity index (χ1v) is 10.4. The summed E-state index contributed by atoms with van der Waals surface area (Å²) >= 11 is 0. The Morgan fingerprint density at radius 3 is 2.48 bits per heavy atom. The number of aryl methyl sites for hydroxylation is 1. The predicted molar refractivity (Wildman–Crippen MR) is 116 cm³/mol. The highest BCUT2D eigenvalue weighted by atomic mass is 16.2. The van der Waals surface area contributed by atoms with E-state index < -0.39 is 0 Å². The Hall–Kier alpha value is -2.82. The minimum Gasteiger partial charge on any atom is -0.353 e. The van der Waals surface area contributed by atoms with Crippen molar-refractivity contribution in [1.82, 2.24) is 14.4 Å². The van der Waals surface area contributed by atoms with Crippen molar-refractivity contribution in [3.05, 3.63) is 66.0 Å². The van der Waals surface area contributed by atoms with E-state index in [-0.39, 0.29) is 24.4 Å². The Kier molecular flexibility index (Phi) is 6.91. The number of rotatable bonds is 9. The van der Waals surface area contributed by atoms with Crippen LogP contribution in [0.4, 0.5) is 0 Å². The van der Waals surface area contributed by atoms with Gasteiger partial charge in [-0.25, -0.2) is 0 Å². The molecule has 0 aliphatic heterocycles. The summed E-state index contributed by atoms with van der Waals surface area (Å²) in [4.78, 5) is 29.7. The lowest BCUT2D eigenvalue weighted by atomic mass is 10.2. The van der Waals surface area contributed by atoms with Crippen LogP contribution < -0.4 is 0 Å². The monoisotopic (exact) mass is 393 g/mol. The van der Waals surface area contributed by atoms with Gasteiger partial charge in [0.1, 0.15) is 6.54 Å². The fourth-order valence-corrected chi connectivity index (χ4v) is 3.38. The average molecular weight is 394 g/mol. The van der Waals surface area contributed by atoms with Crippen LogP contribution in [0.3, 0.4) is 0 Å². The van der Waals surface area contributed by atoms with Gasteiger partial charge in [0.15, 0.2) is 0 Å². The van der Waals surface area contributed by atoms with Crippen LogP contribution in [0.25, 0.3) is 6.08 Å². The second-order valence-electron chi connectivity index (χ2n) is 7.83. The van der Waals surface area contributed by atoms with Crippen molar-refractivity contribution in [3.8, 4) is 0 Å². The van der Waals surface area contributed by atoms with Crippen LogP contribution in [0.2, 0.25) is 0 Å². The summed E-state index contributed by atoms with van der Waals surface area (Å²) in [5, 5.41) is 0. The molecule has 1 atom stereocenters. The summed E-state index contributed by atoms with van der Waals surface area (Å²) in [6, 6.07) is 14.1. The van der Waals surface area contributed by atoms with Gasteiger partial charge in [-0.2, -0.15) is 0 Å². The van der Waals surface area contributed by atoms with Gasteiger partial charge < -0.3 is 14.4 Å². The Balaban J connectivity index is 1.71. The number of hydrogen-bond donors (Lipinski definition) is 0. The molecule has 1 aliphatic rings. The van der Waals surface area contributed by atoms with Crippen LogP contribution in [-0.4, -0.2) is 44.8 Å². The molecule has 1 fully saturated rings. The van der Waals surface area contributed by atoms with Gasteiger partial charge in [0.05, 0.1) is 6.54 Å². The lowest BCUT2D eigenvalue weighted by molar-refractivity contribution is -0.140. The number of aromatic nitrogens is 1. The van der Waals surface area contributed by atoms with Crippen LogP contribution in [-0.2, 0) is 23.2 Å². The van der Waals surface area contributed by atoms with E-state index in [1.165, 1.54) is 0 Å². The first-order valence-electron chi connectivity index (χ1n) is 10.4. The summed E-state index contributed by atoms with van der Waals surface area (Å²) in [7, 11) is 1.99. The van der Waals surface area contributed by atoms with E-state index in [4.69, 9.17) is 0 Å². The highest BCUT2D eigenvalue weighted by Crippen LogP contribution is 2.29. The first-order chi connectivity index (χ1) is 14.0. The van der Waals surface area contributed by atoms with Crippen LogP contribution in [0.5, 0.6) is 0 Å². The molecule has 1 aliphatic carbocycles. The highest BCUT2D eigenvalue weighted by molar-refractivity contribution is 5.94. The summed E-state index contributed by atoms with van der Waals surface area (Å²) in [6.07, 6.45) is 8.27. The lowest BCUT2D eigenvalue weighted by Gasteiger charge is -2.30. The van der Waals surface area contributed by atoms with E-state index in [0.717, 1.165) is 30.5 Å². The molecular weight excluding hydrogens is 362 g/mol. The first kappa shape index (κ1) is 20.9. The molecule has 5 nitrogen and oxygen atoms in total. The molecule has 0 bridgehead atoms. The number of amides is 2.